The number of benzene rings is 1. The smallest absolute Gasteiger partial charge is 0.307 e. The minimum Gasteiger partial charge on any atom is -0.466 e. The van der Waals surface area contributed by atoms with Gasteiger partial charge >= 0.3 is 5.97 Å². The van der Waals surface area contributed by atoms with Gasteiger partial charge in [0.2, 0.25) is 5.91 Å². The third-order valence-corrected chi connectivity index (χ3v) is 3.86. The summed E-state index contributed by atoms with van der Waals surface area (Å²) in [7, 11) is 0. The molecule has 0 fully saturated rings. The highest BCUT2D eigenvalue weighted by Crippen LogP contribution is 2.12. The van der Waals surface area contributed by atoms with Crippen LogP contribution in [0, 0.1) is 0 Å². The Morgan fingerprint density at radius 1 is 1.16 bits per heavy atom. The maximum atomic E-state index is 12.7. The maximum absolute atomic E-state index is 12.7. The fourth-order valence-electron chi connectivity index (χ4n) is 2.35. The summed E-state index contributed by atoms with van der Waals surface area (Å²) in [6, 6.07) is 10.9. The molecular formula is C19H21ClN2O3. The Labute approximate surface area is 152 Å². The van der Waals surface area contributed by atoms with Gasteiger partial charge in [0.1, 0.15) is 0 Å². The summed E-state index contributed by atoms with van der Waals surface area (Å²) in [5.41, 5.74) is 1.79. The van der Waals surface area contributed by atoms with Crippen molar-refractivity contribution in [2.75, 3.05) is 13.2 Å². The lowest BCUT2D eigenvalue weighted by Gasteiger charge is -2.22. The minimum atomic E-state index is -0.307. The number of ether oxygens (including phenoxy) is 1. The number of rotatable bonds is 8. The van der Waals surface area contributed by atoms with E-state index in [-0.39, 0.29) is 24.7 Å². The Morgan fingerprint density at radius 2 is 1.92 bits per heavy atom. The van der Waals surface area contributed by atoms with Gasteiger partial charge in [-0.05, 0) is 36.2 Å². The van der Waals surface area contributed by atoms with E-state index in [0.717, 1.165) is 11.1 Å². The van der Waals surface area contributed by atoms with E-state index in [4.69, 9.17) is 16.3 Å². The van der Waals surface area contributed by atoms with Crippen LogP contribution in [0.1, 0.15) is 24.5 Å². The average Bonchev–Trinajstić information content (AvgIpc) is 2.61. The average molecular weight is 361 g/mol. The Kier molecular flexibility index (Phi) is 7.41. The van der Waals surface area contributed by atoms with Gasteiger partial charge in [-0.2, -0.15) is 0 Å². The first-order chi connectivity index (χ1) is 12.1. The predicted molar refractivity (Wildman–Crippen MR) is 96.1 cm³/mol. The van der Waals surface area contributed by atoms with Crippen molar-refractivity contribution >= 4 is 23.5 Å². The monoisotopic (exact) mass is 360 g/mol. The van der Waals surface area contributed by atoms with E-state index in [1.807, 2.05) is 24.3 Å². The highest BCUT2D eigenvalue weighted by Gasteiger charge is 2.16. The lowest BCUT2D eigenvalue weighted by Crippen LogP contribution is -2.34. The van der Waals surface area contributed by atoms with Crippen LogP contribution in [0.3, 0.4) is 0 Å². The number of aromatic nitrogens is 1. The summed E-state index contributed by atoms with van der Waals surface area (Å²) in [5, 5.41) is 0.630. The van der Waals surface area contributed by atoms with Crippen molar-refractivity contribution in [1.29, 1.82) is 0 Å². The summed E-state index contributed by atoms with van der Waals surface area (Å²) in [6.07, 6.45) is 3.82. The fourth-order valence-corrected chi connectivity index (χ4v) is 2.48. The molecule has 0 aliphatic carbocycles. The highest BCUT2D eigenvalue weighted by molar-refractivity contribution is 6.30. The van der Waals surface area contributed by atoms with E-state index in [2.05, 4.69) is 4.98 Å². The first kappa shape index (κ1) is 18.9. The molecule has 0 atom stereocenters. The number of hydrogen-bond acceptors (Lipinski definition) is 4. The molecule has 2 rings (SSSR count). The predicted octanol–water partition coefficient (Wildman–Crippen LogP) is 3.26. The maximum Gasteiger partial charge on any atom is 0.307 e. The molecule has 0 bridgehead atoms. The molecular weight excluding hydrogens is 340 g/mol. The van der Waals surface area contributed by atoms with Gasteiger partial charge in [-0.3, -0.25) is 14.6 Å². The number of pyridine rings is 1. The zero-order valence-corrected chi connectivity index (χ0v) is 14.9. The molecule has 132 valence electrons. The largest absolute Gasteiger partial charge is 0.466 e. The number of carbonyl (C=O) groups is 2. The summed E-state index contributed by atoms with van der Waals surface area (Å²) < 4.78 is 4.95. The molecule has 1 heterocycles. The van der Waals surface area contributed by atoms with Crippen molar-refractivity contribution in [3.63, 3.8) is 0 Å². The molecule has 0 radical (unpaired) electrons. The molecule has 5 nitrogen and oxygen atoms in total. The van der Waals surface area contributed by atoms with Crippen LogP contribution in [0.4, 0.5) is 0 Å². The molecule has 1 aromatic heterocycles. The third kappa shape index (κ3) is 6.55. The molecule has 0 saturated heterocycles. The van der Waals surface area contributed by atoms with E-state index in [0.29, 0.717) is 24.7 Å². The molecule has 25 heavy (non-hydrogen) atoms. The zero-order chi connectivity index (χ0) is 18.1. The Balaban J connectivity index is 2.04. The second kappa shape index (κ2) is 9.79. The molecule has 0 aliphatic rings. The lowest BCUT2D eigenvalue weighted by molar-refractivity contribution is -0.144. The molecule has 6 heteroatoms. The van der Waals surface area contributed by atoms with Crippen LogP contribution in [0.15, 0.2) is 48.8 Å². The zero-order valence-electron chi connectivity index (χ0n) is 14.2. The number of amides is 1. The van der Waals surface area contributed by atoms with Crippen LogP contribution >= 0.6 is 11.6 Å². The summed E-state index contributed by atoms with van der Waals surface area (Å²) in [4.78, 5) is 30.1. The van der Waals surface area contributed by atoms with Gasteiger partial charge in [0, 0.05) is 30.5 Å². The number of nitrogens with zero attached hydrogens (tertiary/aromatic N) is 2. The van der Waals surface area contributed by atoms with Gasteiger partial charge in [-0.1, -0.05) is 29.8 Å². The van der Waals surface area contributed by atoms with Crippen molar-refractivity contribution in [3.05, 3.63) is 64.9 Å². The van der Waals surface area contributed by atoms with Crippen LogP contribution in [0.2, 0.25) is 5.02 Å². The normalized spacial score (nSPS) is 10.3. The second-order valence-corrected chi connectivity index (χ2v) is 5.97. The summed E-state index contributed by atoms with van der Waals surface area (Å²) >= 11 is 5.88. The van der Waals surface area contributed by atoms with Gasteiger partial charge in [0.15, 0.2) is 0 Å². The second-order valence-electron chi connectivity index (χ2n) is 5.53. The number of carbonyl (C=O) groups excluding carboxylic acids is 2. The molecule has 0 spiro atoms. The topological polar surface area (TPSA) is 59.5 Å². The summed E-state index contributed by atoms with van der Waals surface area (Å²) in [5.74, 6) is -0.367. The number of esters is 1. The van der Waals surface area contributed by atoms with Crippen LogP contribution in [-0.2, 0) is 27.3 Å². The van der Waals surface area contributed by atoms with Crippen molar-refractivity contribution in [2.45, 2.75) is 26.3 Å². The number of hydrogen-bond donors (Lipinski definition) is 0. The third-order valence-electron chi connectivity index (χ3n) is 3.61. The van der Waals surface area contributed by atoms with Gasteiger partial charge in [0.25, 0.3) is 0 Å². The Morgan fingerprint density at radius 3 is 2.56 bits per heavy atom. The standard InChI is InChI=1S/C19H21ClN2O3/c1-2-25-19(24)9-11-22(14-16-4-3-10-21-13-16)18(23)12-15-5-7-17(20)8-6-15/h3-8,10,13H,2,9,11-12,14H2,1H3. The fraction of sp³-hybridized carbons (Fsp3) is 0.316. The van der Waals surface area contributed by atoms with Crippen molar-refractivity contribution in [3.8, 4) is 0 Å². The molecule has 1 amide bonds. The van der Waals surface area contributed by atoms with Gasteiger partial charge in [-0.15, -0.1) is 0 Å². The molecule has 0 aliphatic heterocycles. The Hall–Kier alpha value is -2.40. The van der Waals surface area contributed by atoms with E-state index in [9.17, 15) is 9.59 Å². The first-order valence-corrected chi connectivity index (χ1v) is 8.53. The molecule has 2 aromatic rings. The van der Waals surface area contributed by atoms with Gasteiger partial charge in [0.05, 0.1) is 19.4 Å². The lowest BCUT2D eigenvalue weighted by atomic mass is 10.1. The van der Waals surface area contributed by atoms with E-state index < -0.39 is 0 Å². The molecule has 0 unspecified atom stereocenters. The van der Waals surface area contributed by atoms with Crippen molar-refractivity contribution in [1.82, 2.24) is 9.88 Å². The number of halogens is 1. The highest BCUT2D eigenvalue weighted by atomic mass is 35.5. The van der Waals surface area contributed by atoms with Gasteiger partial charge in [-0.25, -0.2) is 0 Å². The van der Waals surface area contributed by atoms with Gasteiger partial charge < -0.3 is 9.64 Å². The van der Waals surface area contributed by atoms with Crippen molar-refractivity contribution < 1.29 is 14.3 Å². The SMILES string of the molecule is CCOC(=O)CCN(Cc1cccnc1)C(=O)Cc1ccc(Cl)cc1. The van der Waals surface area contributed by atoms with E-state index in [1.165, 1.54) is 0 Å². The summed E-state index contributed by atoms with van der Waals surface area (Å²) in [6.45, 7) is 2.80. The molecule has 0 saturated carbocycles. The Bertz CT molecular complexity index is 690. The minimum absolute atomic E-state index is 0.0597. The van der Waals surface area contributed by atoms with Crippen molar-refractivity contribution in [2.24, 2.45) is 0 Å². The van der Waals surface area contributed by atoms with E-state index in [1.54, 1.807) is 36.4 Å². The molecule has 1 aromatic carbocycles. The van der Waals surface area contributed by atoms with Crippen LogP contribution in [0.5, 0.6) is 0 Å². The van der Waals surface area contributed by atoms with E-state index >= 15 is 0 Å². The van der Waals surface area contributed by atoms with Crippen LogP contribution in [0.25, 0.3) is 0 Å². The van der Waals surface area contributed by atoms with Crippen LogP contribution < -0.4 is 0 Å². The molecule has 0 N–H and O–H groups in total. The van der Waals surface area contributed by atoms with Crippen LogP contribution in [-0.4, -0.2) is 34.9 Å². The quantitative estimate of drug-likeness (QED) is 0.678. The first-order valence-electron chi connectivity index (χ1n) is 8.15.